The van der Waals surface area contributed by atoms with Gasteiger partial charge in [-0.25, -0.2) is 9.97 Å². The fourth-order valence-electron chi connectivity index (χ4n) is 1.17. The molecule has 0 saturated heterocycles. The maximum Gasteiger partial charge on any atom is 0.228 e. The van der Waals surface area contributed by atoms with Gasteiger partial charge in [0.15, 0.2) is 5.78 Å². The van der Waals surface area contributed by atoms with Gasteiger partial charge < -0.3 is 11.1 Å². The number of nitrogens with two attached hydrogens (primary N) is 1. The Bertz CT molecular complexity index is 392. The quantitative estimate of drug-likeness (QED) is 0.718. The Morgan fingerprint density at radius 2 is 1.93 bits per heavy atom. The molecule has 1 aromatic rings. The summed E-state index contributed by atoms with van der Waals surface area (Å²) in [5, 5.41) is 2.75. The van der Waals surface area contributed by atoms with Gasteiger partial charge in [-0.2, -0.15) is 0 Å². The third-order valence-electron chi connectivity index (χ3n) is 1.60. The molecule has 0 fully saturated rings. The second-order valence-electron chi connectivity index (χ2n) is 3.31. The highest BCUT2D eigenvalue weighted by atomic mass is 16.1. The Labute approximate surface area is 88.4 Å². The van der Waals surface area contributed by atoms with Crippen molar-refractivity contribution in [1.29, 1.82) is 0 Å². The van der Waals surface area contributed by atoms with Crippen molar-refractivity contribution >= 4 is 11.7 Å². The van der Waals surface area contributed by atoms with Crippen LogP contribution in [0.3, 0.4) is 0 Å². The molecule has 0 atom stereocenters. The molecule has 80 valence electrons. The Hall–Kier alpha value is -1.91. The summed E-state index contributed by atoms with van der Waals surface area (Å²) in [6.07, 6.45) is 1.29. The number of anilines is 1. The summed E-state index contributed by atoms with van der Waals surface area (Å²) >= 11 is 0. The van der Waals surface area contributed by atoms with Crippen molar-refractivity contribution in [2.24, 2.45) is 5.73 Å². The fraction of sp³-hybridized carbons (Fsp3) is 0.300. The maximum absolute atomic E-state index is 10.7. The van der Waals surface area contributed by atoms with E-state index in [4.69, 9.17) is 5.73 Å². The highest BCUT2D eigenvalue weighted by Crippen LogP contribution is 2.04. The van der Waals surface area contributed by atoms with Crippen LogP contribution in [-0.2, 0) is 4.79 Å². The Kier molecular flexibility index (Phi) is 3.38. The number of ketones is 1. The Morgan fingerprint density at radius 1 is 1.40 bits per heavy atom. The summed E-state index contributed by atoms with van der Waals surface area (Å²) in [5.41, 5.74) is 7.25. The average Bonchev–Trinajstić information content (AvgIpc) is 1.98. The van der Waals surface area contributed by atoms with Crippen LogP contribution in [0.4, 0.5) is 5.95 Å². The second kappa shape index (κ2) is 4.54. The first-order valence-electron chi connectivity index (χ1n) is 4.54. The molecule has 0 radical (unpaired) electrons. The monoisotopic (exact) mass is 206 g/mol. The average molecular weight is 206 g/mol. The first kappa shape index (κ1) is 11.2. The number of hydrogen-bond donors (Lipinski definition) is 2. The molecule has 0 amide bonds. The first-order valence-corrected chi connectivity index (χ1v) is 4.54. The number of nitrogens with zero attached hydrogens (tertiary/aromatic N) is 2. The SMILES string of the molecule is CC(=O)/C=C(/N)Nc1nc(C)cc(C)n1. The van der Waals surface area contributed by atoms with Crippen molar-refractivity contribution in [3.63, 3.8) is 0 Å². The predicted molar refractivity (Wildman–Crippen MR) is 58.1 cm³/mol. The van der Waals surface area contributed by atoms with E-state index in [1.54, 1.807) is 0 Å². The Morgan fingerprint density at radius 3 is 2.40 bits per heavy atom. The number of nitrogens with one attached hydrogen (secondary N) is 1. The van der Waals surface area contributed by atoms with Gasteiger partial charge in [0.1, 0.15) is 5.82 Å². The van der Waals surface area contributed by atoms with Crippen molar-refractivity contribution in [2.45, 2.75) is 20.8 Å². The molecule has 1 heterocycles. The van der Waals surface area contributed by atoms with Crippen LogP contribution in [0.15, 0.2) is 18.0 Å². The van der Waals surface area contributed by atoms with Crippen LogP contribution in [0.1, 0.15) is 18.3 Å². The minimum atomic E-state index is -0.121. The van der Waals surface area contributed by atoms with Crippen LogP contribution < -0.4 is 11.1 Å². The molecule has 1 rings (SSSR count). The van der Waals surface area contributed by atoms with Gasteiger partial charge in [0.2, 0.25) is 5.95 Å². The molecule has 0 aromatic carbocycles. The van der Waals surface area contributed by atoms with Gasteiger partial charge >= 0.3 is 0 Å². The van der Waals surface area contributed by atoms with Crippen molar-refractivity contribution in [3.8, 4) is 0 Å². The lowest BCUT2D eigenvalue weighted by Crippen LogP contribution is -2.13. The van der Waals surface area contributed by atoms with Crippen molar-refractivity contribution < 1.29 is 4.79 Å². The number of rotatable bonds is 3. The first-order chi connectivity index (χ1) is 6.97. The van der Waals surface area contributed by atoms with Gasteiger partial charge in [-0.3, -0.25) is 4.79 Å². The lowest BCUT2D eigenvalue weighted by Gasteiger charge is -2.05. The smallest absolute Gasteiger partial charge is 0.228 e. The van der Waals surface area contributed by atoms with Gasteiger partial charge in [-0.05, 0) is 26.8 Å². The van der Waals surface area contributed by atoms with Gasteiger partial charge in [0, 0.05) is 17.5 Å². The Balaban J connectivity index is 2.85. The van der Waals surface area contributed by atoms with E-state index in [-0.39, 0.29) is 11.6 Å². The van der Waals surface area contributed by atoms with Crippen molar-refractivity contribution in [3.05, 3.63) is 29.4 Å². The molecule has 0 unspecified atom stereocenters. The third kappa shape index (κ3) is 3.76. The van der Waals surface area contributed by atoms with E-state index in [1.807, 2.05) is 19.9 Å². The van der Waals surface area contributed by atoms with Gasteiger partial charge in [-0.1, -0.05) is 0 Å². The zero-order chi connectivity index (χ0) is 11.4. The zero-order valence-corrected chi connectivity index (χ0v) is 9.03. The van der Waals surface area contributed by atoms with E-state index in [0.29, 0.717) is 5.95 Å². The van der Waals surface area contributed by atoms with Crippen molar-refractivity contribution in [1.82, 2.24) is 9.97 Å². The fourth-order valence-corrected chi connectivity index (χ4v) is 1.17. The van der Waals surface area contributed by atoms with E-state index in [0.717, 1.165) is 11.4 Å². The van der Waals surface area contributed by atoms with Crippen LogP contribution in [0, 0.1) is 13.8 Å². The molecule has 3 N–H and O–H groups in total. The summed E-state index contributed by atoms with van der Waals surface area (Å²) in [6.45, 7) is 5.16. The summed E-state index contributed by atoms with van der Waals surface area (Å²) in [6, 6.07) is 1.86. The number of carbonyl (C=O) groups is 1. The number of allylic oxidation sites excluding steroid dienone is 1. The molecule has 15 heavy (non-hydrogen) atoms. The normalized spacial score (nSPS) is 11.3. The largest absolute Gasteiger partial charge is 0.385 e. The lowest BCUT2D eigenvalue weighted by atomic mass is 10.3. The number of carbonyl (C=O) groups excluding carboxylic acids is 1. The van der Waals surface area contributed by atoms with Crippen LogP contribution in [0.5, 0.6) is 0 Å². The number of aromatic nitrogens is 2. The molecule has 0 saturated carbocycles. The molecule has 1 aromatic heterocycles. The zero-order valence-electron chi connectivity index (χ0n) is 9.03. The minimum absolute atomic E-state index is 0.121. The standard InChI is InChI=1S/C10H14N4O/c1-6-4-7(2)13-10(12-6)14-9(11)5-8(3)15/h4-5H,11H2,1-3H3,(H,12,13,14)/b9-5-. The molecule has 5 nitrogen and oxygen atoms in total. The van der Waals surface area contributed by atoms with Crippen LogP contribution in [0.2, 0.25) is 0 Å². The maximum atomic E-state index is 10.7. The van der Waals surface area contributed by atoms with E-state index < -0.39 is 0 Å². The van der Waals surface area contributed by atoms with Crippen LogP contribution in [0.25, 0.3) is 0 Å². The molecule has 0 aliphatic rings. The second-order valence-corrected chi connectivity index (χ2v) is 3.31. The van der Waals surface area contributed by atoms with E-state index in [9.17, 15) is 4.79 Å². The number of aryl methyl sites for hydroxylation is 2. The van der Waals surface area contributed by atoms with Gasteiger partial charge in [0.25, 0.3) is 0 Å². The summed E-state index contributed by atoms with van der Waals surface area (Å²) < 4.78 is 0. The molecule has 0 aliphatic heterocycles. The molecule has 0 spiro atoms. The third-order valence-corrected chi connectivity index (χ3v) is 1.60. The highest BCUT2D eigenvalue weighted by molar-refractivity contribution is 5.88. The van der Waals surface area contributed by atoms with Crippen molar-refractivity contribution in [2.75, 3.05) is 5.32 Å². The van der Waals surface area contributed by atoms with E-state index in [2.05, 4.69) is 15.3 Å². The molecular weight excluding hydrogens is 192 g/mol. The van der Waals surface area contributed by atoms with Crippen LogP contribution >= 0.6 is 0 Å². The minimum Gasteiger partial charge on any atom is -0.385 e. The predicted octanol–water partition coefficient (Wildman–Crippen LogP) is 0.894. The molecular formula is C10H14N4O. The summed E-state index contributed by atoms with van der Waals surface area (Å²) in [4.78, 5) is 19.0. The molecule has 5 heteroatoms. The molecule has 0 bridgehead atoms. The van der Waals surface area contributed by atoms with Gasteiger partial charge in [-0.15, -0.1) is 0 Å². The summed E-state index contributed by atoms with van der Waals surface area (Å²) in [5.74, 6) is 0.527. The highest BCUT2D eigenvalue weighted by Gasteiger charge is 2.00. The molecule has 0 aliphatic carbocycles. The summed E-state index contributed by atoms with van der Waals surface area (Å²) in [7, 11) is 0. The topological polar surface area (TPSA) is 80.9 Å². The lowest BCUT2D eigenvalue weighted by molar-refractivity contribution is -0.112. The van der Waals surface area contributed by atoms with Gasteiger partial charge in [0.05, 0.1) is 0 Å². The van der Waals surface area contributed by atoms with E-state index in [1.165, 1.54) is 13.0 Å². The van der Waals surface area contributed by atoms with Crippen LogP contribution in [-0.4, -0.2) is 15.8 Å². The number of hydrogen-bond acceptors (Lipinski definition) is 5. The van der Waals surface area contributed by atoms with E-state index >= 15 is 0 Å².